The average molecular weight is 320 g/mol. The zero-order chi connectivity index (χ0) is 16.9. The van der Waals surface area contributed by atoms with E-state index >= 15 is 0 Å². The Morgan fingerprint density at radius 2 is 1.71 bits per heavy atom. The Hall–Kier alpha value is -3.01. The summed E-state index contributed by atoms with van der Waals surface area (Å²) in [5, 5.41) is 6.26. The van der Waals surface area contributed by atoms with Crippen LogP contribution in [0.1, 0.15) is 18.1 Å². The topological polar surface area (TPSA) is 41.5 Å². The molecule has 0 saturated heterocycles. The fraction of sp³-hybridized carbons (Fsp3) is 0.100. The second-order valence-electron chi connectivity index (χ2n) is 5.55. The molecule has 4 heteroatoms. The van der Waals surface area contributed by atoms with Crippen LogP contribution < -0.4 is 5.43 Å². The Kier molecular flexibility index (Phi) is 4.66. The number of rotatable bonds is 4. The number of fused-ring (bicyclic) bond motifs is 1. The van der Waals surface area contributed by atoms with Gasteiger partial charge in [0.15, 0.2) is 0 Å². The molecule has 0 spiro atoms. The molecule has 0 bridgehead atoms. The molecule has 3 aromatic rings. The Bertz CT molecular complexity index is 896. The van der Waals surface area contributed by atoms with Crippen molar-refractivity contribution < 1.29 is 9.18 Å². The highest BCUT2D eigenvalue weighted by Crippen LogP contribution is 2.18. The molecule has 0 fully saturated rings. The lowest BCUT2D eigenvalue weighted by atomic mass is 10.0. The lowest BCUT2D eigenvalue weighted by molar-refractivity contribution is -0.120. The molecule has 0 aliphatic carbocycles. The predicted molar refractivity (Wildman–Crippen MR) is 94.4 cm³/mol. The standard InChI is InChI=1S/C20H17FN2O/c1-14(15-9-11-18(21)12-10-15)22-23-20(24)13-17-7-4-6-16-5-2-3-8-19(16)17/h2-12H,13H2,1H3,(H,23,24). The number of nitrogens with one attached hydrogen (secondary N) is 1. The van der Waals surface area contributed by atoms with Crippen molar-refractivity contribution in [1.82, 2.24) is 5.43 Å². The molecule has 3 rings (SSSR count). The monoisotopic (exact) mass is 320 g/mol. The van der Waals surface area contributed by atoms with Gasteiger partial charge in [0, 0.05) is 0 Å². The molecule has 1 amide bonds. The van der Waals surface area contributed by atoms with E-state index in [1.54, 1.807) is 19.1 Å². The molecule has 0 aromatic heterocycles. The first-order valence-corrected chi connectivity index (χ1v) is 7.69. The second-order valence-corrected chi connectivity index (χ2v) is 5.55. The van der Waals surface area contributed by atoms with Gasteiger partial charge in [0.25, 0.3) is 0 Å². The van der Waals surface area contributed by atoms with E-state index in [1.165, 1.54) is 12.1 Å². The minimum absolute atomic E-state index is 0.187. The minimum Gasteiger partial charge on any atom is -0.273 e. The highest BCUT2D eigenvalue weighted by atomic mass is 19.1. The third-order valence-electron chi connectivity index (χ3n) is 3.84. The number of nitrogens with zero attached hydrogens (tertiary/aromatic N) is 1. The van der Waals surface area contributed by atoms with E-state index in [-0.39, 0.29) is 18.1 Å². The summed E-state index contributed by atoms with van der Waals surface area (Å²) in [5.74, 6) is -0.487. The number of carbonyl (C=O) groups excluding carboxylic acids is 1. The fourth-order valence-corrected chi connectivity index (χ4v) is 2.56. The maximum absolute atomic E-state index is 12.9. The number of hydrogen-bond donors (Lipinski definition) is 1. The molecule has 0 unspecified atom stereocenters. The van der Waals surface area contributed by atoms with Crippen LogP contribution in [0.3, 0.4) is 0 Å². The summed E-state index contributed by atoms with van der Waals surface area (Å²) in [4.78, 5) is 12.2. The fourth-order valence-electron chi connectivity index (χ4n) is 2.56. The summed E-state index contributed by atoms with van der Waals surface area (Å²) >= 11 is 0. The zero-order valence-corrected chi connectivity index (χ0v) is 13.3. The van der Waals surface area contributed by atoms with Crippen LogP contribution in [0.2, 0.25) is 0 Å². The first-order chi connectivity index (χ1) is 11.6. The number of halogens is 1. The molecule has 0 atom stereocenters. The van der Waals surface area contributed by atoms with Gasteiger partial charge in [-0.2, -0.15) is 5.10 Å². The minimum atomic E-state index is -0.299. The highest BCUT2D eigenvalue weighted by molar-refractivity contribution is 5.99. The van der Waals surface area contributed by atoms with Crippen LogP contribution in [-0.2, 0) is 11.2 Å². The molecule has 0 aliphatic heterocycles. The van der Waals surface area contributed by atoms with Gasteiger partial charge in [0.1, 0.15) is 5.82 Å². The second kappa shape index (κ2) is 7.04. The lowest BCUT2D eigenvalue weighted by Crippen LogP contribution is -2.21. The third-order valence-corrected chi connectivity index (χ3v) is 3.84. The van der Waals surface area contributed by atoms with E-state index in [4.69, 9.17) is 0 Å². The van der Waals surface area contributed by atoms with Crippen LogP contribution in [-0.4, -0.2) is 11.6 Å². The largest absolute Gasteiger partial charge is 0.273 e. The Balaban J connectivity index is 1.71. The summed E-state index contributed by atoms with van der Waals surface area (Å²) in [7, 11) is 0. The van der Waals surface area contributed by atoms with Crippen LogP contribution in [0, 0.1) is 5.82 Å². The molecule has 24 heavy (non-hydrogen) atoms. The smallest absolute Gasteiger partial charge is 0.244 e. The number of carbonyl (C=O) groups is 1. The number of hydrazone groups is 1. The predicted octanol–water partition coefficient (Wildman–Crippen LogP) is 4.06. The van der Waals surface area contributed by atoms with Crippen molar-refractivity contribution >= 4 is 22.4 Å². The van der Waals surface area contributed by atoms with Gasteiger partial charge in [-0.3, -0.25) is 4.79 Å². The summed E-state index contributed by atoms with van der Waals surface area (Å²) in [6.45, 7) is 1.77. The van der Waals surface area contributed by atoms with Gasteiger partial charge >= 0.3 is 0 Å². The Labute approximate surface area is 139 Å². The quantitative estimate of drug-likeness (QED) is 0.571. The van der Waals surface area contributed by atoms with Gasteiger partial charge in [0.2, 0.25) is 5.91 Å². The molecular weight excluding hydrogens is 303 g/mol. The summed E-state index contributed by atoms with van der Waals surface area (Å²) in [5.41, 5.74) is 4.91. The van der Waals surface area contributed by atoms with Gasteiger partial charge in [-0.25, -0.2) is 9.82 Å². The molecular formula is C20H17FN2O. The normalized spacial score (nSPS) is 11.5. The highest BCUT2D eigenvalue weighted by Gasteiger charge is 2.06. The van der Waals surface area contributed by atoms with Crippen molar-refractivity contribution in [3.8, 4) is 0 Å². The number of hydrogen-bond acceptors (Lipinski definition) is 2. The summed E-state index contributed by atoms with van der Waals surface area (Å²) < 4.78 is 12.9. The SMILES string of the molecule is CC(=NNC(=O)Cc1cccc2ccccc12)c1ccc(F)cc1. The van der Waals surface area contributed by atoms with E-state index in [0.29, 0.717) is 5.71 Å². The van der Waals surface area contributed by atoms with E-state index < -0.39 is 0 Å². The van der Waals surface area contributed by atoms with Crippen molar-refractivity contribution in [1.29, 1.82) is 0 Å². The number of benzene rings is 3. The molecule has 3 aromatic carbocycles. The molecule has 0 radical (unpaired) electrons. The maximum atomic E-state index is 12.9. The Morgan fingerprint density at radius 3 is 2.50 bits per heavy atom. The summed E-state index contributed by atoms with van der Waals surface area (Å²) in [6, 6.07) is 19.9. The van der Waals surface area contributed by atoms with Gasteiger partial charge in [-0.05, 0) is 41.0 Å². The van der Waals surface area contributed by atoms with Crippen LogP contribution in [0.5, 0.6) is 0 Å². The maximum Gasteiger partial charge on any atom is 0.244 e. The lowest BCUT2D eigenvalue weighted by Gasteiger charge is -2.06. The van der Waals surface area contributed by atoms with Crippen molar-refractivity contribution in [3.63, 3.8) is 0 Å². The molecule has 120 valence electrons. The first-order valence-electron chi connectivity index (χ1n) is 7.69. The van der Waals surface area contributed by atoms with E-state index in [2.05, 4.69) is 10.5 Å². The van der Waals surface area contributed by atoms with E-state index in [0.717, 1.165) is 21.9 Å². The van der Waals surface area contributed by atoms with Crippen molar-refractivity contribution in [3.05, 3.63) is 83.7 Å². The van der Waals surface area contributed by atoms with Gasteiger partial charge in [-0.1, -0.05) is 54.6 Å². The molecule has 0 heterocycles. The van der Waals surface area contributed by atoms with Gasteiger partial charge < -0.3 is 0 Å². The van der Waals surface area contributed by atoms with Crippen LogP contribution >= 0.6 is 0 Å². The van der Waals surface area contributed by atoms with E-state index in [1.807, 2.05) is 42.5 Å². The average Bonchev–Trinajstić information content (AvgIpc) is 2.61. The van der Waals surface area contributed by atoms with Crippen molar-refractivity contribution in [2.24, 2.45) is 5.10 Å². The summed E-state index contributed by atoms with van der Waals surface area (Å²) in [6.07, 6.45) is 0.252. The first kappa shape index (κ1) is 15.9. The molecule has 0 saturated carbocycles. The number of amides is 1. The van der Waals surface area contributed by atoms with Crippen molar-refractivity contribution in [2.45, 2.75) is 13.3 Å². The van der Waals surface area contributed by atoms with Gasteiger partial charge in [-0.15, -0.1) is 0 Å². The van der Waals surface area contributed by atoms with Gasteiger partial charge in [0.05, 0.1) is 12.1 Å². The van der Waals surface area contributed by atoms with E-state index in [9.17, 15) is 9.18 Å². The van der Waals surface area contributed by atoms with Crippen LogP contribution in [0.25, 0.3) is 10.8 Å². The molecule has 3 nitrogen and oxygen atoms in total. The van der Waals surface area contributed by atoms with Crippen LogP contribution in [0.15, 0.2) is 71.8 Å². The zero-order valence-electron chi connectivity index (χ0n) is 13.3. The third kappa shape index (κ3) is 3.66. The van der Waals surface area contributed by atoms with Crippen molar-refractivity contribution in [2.75, 3.05) is 0 Å². The molecule has 1 N–H and O–H groups in total. The van der Waals surface area contributed by atoms with Crippen LogP contribution in [0.4, 0.5) is 4.39 Å². The Morgan fingerprint density at radius 1 is 1.00 bits per heavy atom. The molecule has 0 aliphatic rings.